The number of aromatic nitrogens is 2. The predicted octanol–water partition coefficient (Wildman–Crippen LogP) is 3.08. The molecule has 1 aromatic carbocycles. The average Bonchev–Trinajstić information content (AvgIpc) is 3.05. The summed E-state index contributed by atoms with van der Waals surface area (Å²) in [5.41, 5.74) is 1.53. The molecule has 106 valence electrons. The number of ketones is 1. The molecule has 2 saturated carbocycles. The number of carbonyl (C=O) groups excluding carboxylic acids is 1. The Morgan fingerprint density at radius 2 is 2.24 bits per heavy atom. The molecule has 4 nitrogen and oxygen atoms in total. The number of nitriles is 1. The monoisotopic (exact) mass is 279 g/mol. The van der Waals surface area contributed by atoms with Gasteiger partial charge in [0.05, 0.1) is 16.5 Å². The number of para-hydroxylation sites is 1. The molecule has 0 radical (unpaired) electrons. The van der Waals surface area contributed by atoms with Crippen molar-refractivity contribution in [2.24, 2.45) is 11.3 Å². The number of Topliss-reactive ketones (excluding diaryl/α,β-unsaturated/α-hetero) is 1. The summed E-state index contributed by atoms with van der Waals surface area (Å²) in [6, 6.07) is 7.71. The minimum atomic E-state index is -0.497. The van der Waals surface area contributed by atoms with Gasteiger partial charge in [-0.05, 0) is 36.3 Å². The topological polar surface area (TPSA) is 69.5 Å². The third-order valence-electron chi connectivity index (χ3n) is 5.93. The van der Waals surface area contributed by atoms with Crippen molar-refractivity contribution in [3.05, 3.63) is 29.6 Å². The van der Waals surface area contributed by atoms with Gasteiger partial charge in [0.25, 0.3) is 0 Å². The van der Waals surface area contributed by atoms with Crippen LogP contribution in [0.15, 0.2) is 18.2 Å². The molecule has 2 fully saturated rings. The lowest BCUT2D eigenvalue weighted by atomic mass is 9.68. The molecule has 1 aromatic heterocycles. The van der Waals surface area contributed by atoms with E-state index in [4.69, 9.17) is 0 Å². The van der Waals surface area contributed by atoms with Crippen LogP contribution < -0.4 is 0 Å². The zero-order valence-corrected chi connectivity index (χ0v) is 12.2. The maximum atomic E-state index is 12.7. The predicted molar refractivity (Wildman–Crippen MR) is 78.6 cm³/mol. The van der Waals surface area contributed by atoms with Gasteiger partial charge in [0.1, 0.15) is 23.2 Å². The smallest absolute Gasteiger partial charge is 0.147 e. The van der Waals surface area contributed by atoms with Crippen LogP contribution in [-0.2, 0) is 10.2 Å². The maximum Gasteiger partial charge on any atom is 0.147 e. The second-order valence-electron chi connectivity index (χ2n) is 6.89. The van der Waals surface area contributed by atoms with E-state index in [0.717, 1.165) is 24.2 Å². The molecule has 2 unspecified atom stereocenters. The first kappa shape index (κ1) is 12.6. The Balaban J connectivity index is 1.99. The van der Waals surface area contributed by atoms with Gasteiger partial charge in [0.15, 0.2) is 0 Å². The number of imidazole rings is 1. The number of hydrogen-bond donors (Lipinski definition) is 1. The summed E-state index contributed by atoms with van der Waals surface area (Å²) in [5.74, 6) is 1.52. The van der Waals surface area contributed by atoms with Crippen molar-refractivity contribution in [2.45, 2.75) is 38.5 Å². The quantitative estimate of drug-likeness (QED) is 0.872. The Hall–Kier alpha value is -2.15. The van der Waals surface area contributed by atoms with E-state index in [-0.39, 0.29) is 5.41 Å². The lowest BCUT2D eigenvalue weighted by Gasteiger charge is -2.34. The van der Waals surface area contributed by atoms with E-state index in [0.29, 0.717) is 29.2 Å². The molecule has 4 rings (SSSR count). The van der Waals surface area contributed by atoms with Crippen LogP contribution in [0.25, 0.3) is 11.0 Å². The summed E-state index contributed by atoms with van der Waals surface area (Å²) in [6.07, 6.45) is 2.61. The molecule has 2 bridgehead atoms. The highest BCUT2D eigenvalue weighted by atomic mass is 16.1. The Bertz CT molecular complexity index is 811. The zero-order valence-electron chi connectivity index (χ0n) is 12.2. The summed E-state index contributed by atoms with van der Waals surface area (Å²) in [6.45, 7) is 4.38. The number of benzene rings is 1. The highest BCUT2D eigenvalue weighted by molar-refractivity contribution is 5.95. The SMILES string of the molecule is CC1(C)C2CCC1(c1nc3c(C#N)cccc3[nH]1)C(=O)C2. The lowest BCUT2D eigenvalue weighted by molar-refractivity contribution is -0.124. The first-order valence-electron chi connectivity index (χ1n) is 7.43. The number of nitrogens with one attached hydrogen (secondary N) is 1. The molecule has 1 N–H and O–H groups in total. The number of carbonyl (C=O) groups is 1. The van der Waals surface area contributed by atoms with Crippen molar-refractivity contribution in [3.63, 3.8) is 0 Å². The van der Waals surface area contributed by atoms with Crippen LogP contribution in [0.4, 0.5) is 0 Å². The van der Waals surface area contributed by atoms with Crippen molar-refractivity contribution in [2.75, 3.05) is 0 Å². The van der Waals surface area contributed by atoms with E-state index in [1.54, 1.807) is 6.07 Å². The summed E-state index contributed by atoms with van der Waals surface area (Å²) in [5, 5.41) is 9.22. The molecule has 0 amide bonds. The molecule has 4 heteroatoms. The Morgan fingerprint density at radius 3 is 2.86 bits per heavy atom. The highest BCUT2D eigenvalue weighted by Gasteiger charge is 2.66. The first-order valence-corrected chi connectivity index (χ1v) is 7.43. The number of H-pyrrole nitrogens is 1. The average molecular weight is 279 g/mol. The number of aromatic amines is 1. The fourth-order valence-electron chi connectivity index (χ4n) is 4.56. The second kappa shape index (κ2) is 3.73. The maximum absolute atomic E-state index is 12.7. The van der Waals surface area contributed by atoms with Crippen LogP contribution in [0.3, 0.4) is 0 Å². The van der Waals surface area contributed by atoms with Gasteiger partial charge in [-0.25, -0.2) is 4.98 Å². The first-order chi connectivity index (χ1) is 10.0. The van der Waals surface area contributed by atoms with E-state index in [1.165, 1.54) is 0 Å². The van der Waals surface area contributed by atoms with Gasteiger partial charge >= 0.3 is 0 Å². The lowest BCUT2D eigenvalue weighted by Crippen LogP contribution is -2.41. The van der Waals surface area contributed by atoms with Crippen LogP contribution in [-0.4, -0.2) is 15.8 Å². The molecule has 0 spiro atoms. The number of nitrogens with zero attached hydrogens (tertiary/aromatic N) is 2. The normalized spacial score (nSPS) is 30.0. The minimum absolute atomic E-state index is 0.0647. The van der Waals surface area contributed by atoms with Gasteiger partial charge in [0, 0.05) is 6.42 Å². The van der Waals surface area contributed by atoms with Gasteiger partial charge < -0.3 is 4.98 Å². The Morgan fingerprint density at radius 1 is 1.43 bits per heavy atom. The zero-order chi connectivity index (χ0) is 14.8. The van der Waals surface area contributed by atoms with Gasteiger partial charge in [-0.1, -0.05) is 19.9 Å². The van der Waals surface area contributed by atoms with E-state index >= 15 is 0 Å². The molecule has 0 aliphatic heterocycles. The van der Waals surface area contributed by atoms with E-state index in [2.05, 4.69) is 29.9 Å². The molecule has 2 aliphatic rings. The van der Waals surface area contributed by atoms with Crippen molar-refractivity contribution in [1.29, 1.82) is 5.26 Å². The van der Waals surface area contributed by atoms with E-state index in [9.17, 15) is 10.1 Å². The van der Waals surface area contributed by atoms with Gasteiger partial charge in [-0.3, -0.25) is 4.79 Å². The van der Waals surface area contributed by atoms with Gasteiger partial charge in [0.2, 0.25) is 0 Å². The standard InChI is InChI=1S/C17H17N3O/c1-16(2)11-6-7-17(16,13(21)8-11)15-19-12-5-3-4-10(9-18)14(12)20-15/h3-5,11H,6-8H2,1-2H3,(H,19,20). The molecular formula is C17H17N3O. The van der Waals surface area contributed by atoms with Crippen molar-refractivity contribution >= 4 is 16.8 Å². The van der Waals surface area contributed by atoms with Crippen LogP contribution in [0, 0.1) is 22.7 Å². The fourth-order valence-corrected chi connectivity index (χ4v) is 4.56. The Kier molecular flexibility index (Phi) is 2.24. The third kappa shape index (κ3) is 1.29. The fraction of sp³-hybridized carbons (Fsp3) is 0.471. The van der Waals surface area contributed by atoms with Crippen LogP contribution in [0.1, 0.15) is 44.5 Å². The number of hydrogen-bond acceptors (Lipinski definition) is 3. The number of rotatable bonds is 1. The van der Waals surface area contributed by atoms with Crippen LogP contribution in [0.2, 0.25) is 0 Å². The summed E-state index contributed by atoms with van der Waals surface area (Å²) < 4.78 is 0. The Labute approximate surface area is 123 Å². The molecule has 2 aliphatic carbocycles. The molecular weight excluding hydrogens is 262 g/mol. The summed E-state index contributed by atoms with van der Waals surface area (Å²) >= 11 is 0. The van der Waals surface area contributed by atoms with Crippen molar-refractivity contribution in [1.82, 2.24) is 9.97 Å². The highest BCUT2D eigenvalue weighted by Crippen LogP contribution is 2.64. The molecule has 21 heavy (non-hydrogen) atoms. The van der Waals surface area contributed by atoms with Crippen molar-refractivity contribution < 1.29 is 4.79 Å². The van der Waals surface area contributed by atoms with E-state index in [1.807, 2.05) is 12.1 Å². The second-order valence-corrected chi connectivity index (χ2v) is 6.89. The molecule has 0 saturated heterocycles. The van der Waals surface area contributed by atoms with E-state index < -0.39 is 5.41 Å². The van der Waals surface area contributed by atoms with Crippen LogP contribution in [0.5, 0.6) is 0 Å². The summed E-state index contributed by atoms with van der Waals surface area (Å²) in [7, 11) is 0. The molecule has 1 heterocycles. The summed E-state index contributed by atoms with van der Waals surface area (Å²) in [4.78, 5) is 20.7. The number of fused-ring (bicyclic) bond motifs is 3. The molecule has 2 atom stereocenters. The van der Waals surface area contributed by atoms with Gasteiger partial charge in [-0.15, -0.1) is 0 Å². The van der Waals surface area contributed by atoms with Crippen molar-refractivity contribution in [3.8, 4) is 6.07 Å². The van der Waals surface area contributed by atoms with Gasteiger partial charge in [-0.2, -0.15) is 5.26 Å². The largest absolute Gasteiger partial charge is 0.341 e. The third-order valence-corrected chi connectivity index (χ3v) is 5.93. The molecule has 2 aromatic rings. The minimum Gasteiger partial charge on any atom is -0.341 e. The van der Waals surface area contributed by atoms with Crippen LogP contribution >= 0.6 is 0 Å².